The Morgan fingerprint density at radius 2 is 2.19 bits per heavy atom. The first-order valence-corrected chi connectivity index (χ1v) is 8.50. The van der Waals surface area contributed by atoms with Crippen molar-refractivity contribution in [2.75, 3.05) is 26.7 Å². The molecule has 1 atom stereocenters. The smallest absolute Gasteiger partial charge is 0.0637 e. The third kappa shape index (κ3) is 3.91. The number of thiophene rings is 1. The van der Waals surface area contributed by atoms with Crippen LogP contribution in [0.4, 0.5) is 0 Å². The van der Waals surface area contributed by atoms with E-state index in [4.69, 9.17) is 11.6 Å². The summed E-state index contributed by atoms with van der Waals surface area (Å²) in [4.78, 5) is 3.88. The van der Waals surface area contributed by atoms with Gasteiger partial charge < -0.3 is 5.32 Å². The highest BCUT2D eigenvalue weighted by Gasteiger charge is 2.21. The first kappa shape index (κ1) is 17.0. The maximum Gasteiger partial charge on any atom is 0.0637 e. The number of nitrogens with one attached hydrogen (secondary N) is 1. The van der Waals surface area contributed by atoms with Gasteiger partial charge in [0.05, 0.1) is 5.02 Å². The molecule has 0 spiro atoms. The second-order valence-electron chi connectivity index (χ2n) is 5.64. The van der Waals surface area contributed by atoms with Gasteiger partial charge in [-0.2, -0.15) is 0 Å². The molecule has 2 heterocycles. The van der Waals surface area contributed by atoms with Gasteiger partial charge in [0.2, 0.25) is 0 Å². The molecule has 2 aromatic rings. The zero-order valence-corrected chi connectivity index (χ0v) is 14.7. The van der Waals surface area contributed by atoms with E-state index >= 15 is 0 Å². The van der Waals surface area contributed by atoms with Gasteiger partial charge in [-0.05, 0) is 45.0 Å². The molecule has 1 aliphatic rings. The van der Waals surface area contributed by atoms with Gasteiger partial charge in [-0.1, -0.05) is 29.8 Å². The molecule has 0 aliphatic carbocycles. The van der Waals surface area contributed by atoms with Crippen LogP contribution >= 0.6 is 35.3 Å². The second-order valence-corrected chi connectivity index (χ2v) is 7.15. The number of piperidine rings is 1. The summed E-state index contributed by atoms with van der Waals surface area (Å²) < 4.78 is 1.30. The molecule has 0 radical (unpaired) electrons. The Kier molecular flexibility index (Phi) is 6.33. The van der Waals surface area contributed by atoms with E-state index < -0.39 is 0 Å². The van der Waals surface area contributed by atoms with Crippen LogP contribution in [0.15, 0.2) is 24.3 Å². The van der Waals surface area contributed by atoms with Gasteiger partial charge in [0.25, 0.3) is 0 Å². The number of halogens is 2. The molecule has 116 valence electrons. The number of rotatable bonds is 4. The Bertz CT molecular complexity index is 583. The van der Waals surface area contributed by atoms with Crippen molar-refractivity contribution in [3.8, 4) is 0 Å². The van der Waals surface area contributed by atoms with Crippen LogP contribution in [0.3, 0.4) is 0 Å². The van der Waals surface area contributed by atoms with Gasteiger partial charge in [-0.3, -0.25) is 4.90 Å². The molecule has 1 aliphatic heterocycles. The van der Waals surface area contributed by atoms with Crippen molar-refractivity contribution in [1.82, 2.24) is 10.2 Å². The predicted molar refractivity (Wildman–Crippen MR) is 96.0 cm³/mol. The van der Waals surface area contributed by atoms with Crippen molar-refractivity contribution < 1.29 is 0 Å². The molecule has 1 fully saturated rings. The van der Waals surface area contributed by atoms with Crippen LogP contribution in [0.1, 0.15) is 17.7 Å². The number of hydrogen-bond donors (Lipinski definition) is 1. The van der Waals surface area contributed by atoms with Gasteiger partial charge in [0.15, 0.2) is 0 Å². The van der Waals surface area contributed by atoms with Gasteiger partial charge >= 0.3 is 0 Å². The van der Waals surface area contributed by atoms with Crippen molar-refractivity contribution in [3.05, 3.63) is 34.2 Å². The maximum atomic E-state index is 6.55. The molecule has 1 unspecified atom stereocenters. The van der Waals surface area contributed by atoms with Crippen LogP contribution in [-0.2, 0) is 6.54 Å². The molecule has 1 aromatic heterocycles. The Labute approximate surface area is 141 Å². The Balaban J connectivity index is 0.00000161. The molecule has 2 nitrogen and oxygen atoms in total. The Hall–Kier alpha value is -0.320. The lowest BCUT2D eigenvalue weighted by Crippen LogP contribution is -2.38. The van der Waals surface area contributed by atoms with Crippen LogP contribution in [0.25, 0.3) is 10.1 Å². The van der Waals surface area contributed by atoms with Crippen LogP contribution in [0, 0.1) is 5.92 Å². The van der Waals surface area contributed by atoms with Crippen molar-refractivity contribution in [1.29, 1.82) is 0 Å². The summed E-state index contributed by atoms with van der Waals surface area (Å²) >= 11 is 8.39. The van der Waals surface area contributed by atoms with Crippen LogP contribution < -0.4 is 5.32 Å². The van der Waals surface area contributed by atoms with Gasteiger partial charge in [0.1, 0.15) is 0 Å². The van der Waals surface area contributed by atoms with Gasteiger partial charge in [-0.15, -0.1) is 23.7 Å². The quantitative estimate of drug-likeness (QED) is 0.883. The molecule has 5 heteroatoms. The third-order valence-electron chi connectivity index (χ3n) is 4.06. The summed E-state index contributed by atoms with van der Waals surface area (Å²) in [6, 6.07) is 8.43. The van der Waals surface area contributed by atoms with Gasteiger partial charge in [-0.25, -0.2) is 0 Å². The van der Waals surface area contributed by atoms with Gasteiger partial charge in [0, 0.05) is 28.1 Å². The minimum absolute atomic E-state index is 0. The number of fused-ring (bicyclic) bond motifs is 1. The van der Waals surface area contributed by atoms with Crippen LogP contribution in [-0.4, -0.2) is 31.6 Å². The van der Waals surface area contributed by atoms with E-state index in [1.807, 2.05) is 18.4 Å². The van der Waals surface area contributed by atoms with Crippen molar-refractivity contribution in [3.63, 3.8) is 0 Å². The van der Waals surface area contributed by atoms with Crippen molar-refractivity contribution in [2.24, 2.45) is 5.92 Å². The maximum absolute atomic E-state index is 6.55. The van der Waals surface area contributed by atoms with Crippen LogP contribution in [0.2, 0.25) is 5.02 Å². The average molecular weight is 345 g/mol. The molecular formula is C16H22Cl2N2S. The SMILES string of the molecule is CNCC1CCCN(Cc2sc3ccccc3c2Cl)C1.Cl. The topological polar surface area (TPSA) is 15.3 Å². The zero-order chi connectivity index (χ0) is 13.9. The lowest BCUT2D eigenvalue weighted by Gasteiger charge is -2.32. The predicted octanol–water partition coefficient (Wildman–Crippen LogP) is 4.41. The molecule has 1 saturated heterocycles. The number of nitrogens with zero attached hydrogens (tertiary/aromatic N) is 1. The van der Waals surface area contributed by atoms with E-state index in [1.165, 1.54) is 40.9 Å². The monoisotopic (exact) mass is 344 g/mol. The summed E-state index contributed by atoms with van der Waals surface area (Å²) in [5.41, 5.74) is 0. The number of hydrogen-bond acceptors (Lipinski definition) is 3. The molecule has 0 amide bonds. The Morgan fingerprint density at radius 1 is 1.38 bits per heavy atom. The first-order chi connectivity index (χ1) is 9.78. The molecule has 0 bridgehead atoms. The molecule has 0 saturated carbocycles. The highest BCUT2D eigenvalue weighted by atomic mass is 35.5. The first-order valence-electron chi connectivity index (χ1n) is 7.31. The third-order valence-corrected chi connectivity index (χ3v) is 5.76. The summed E-state index contributed by atoms with van der Waals surface area (Å²) in [5, 5.41) is 5.47. The van der Waals surface area contributed by atoms with E-state index in [1.54, 1.807) is 0 Å². The van der Waals surface area contributed by atoms with Crippen molar-refractivity contribution in [2.45, 2.75) is 19.4 Å². The fraction of sp³-hybridized carbons (Fsp3) is 0.500. The summed E-state index contributed by atoms with van der Waals surface area (Å²) in [6.45, 7) is 4.51. The highest BCUT2D eigenvalue weighted by Crippen LogP contribution is 2.36. The van der Waals surface area contributed by atoms with E-state index in [2.05, 4.69) is 34.5 Å². The fourth-order valence-electron chi connectivity index (χ4n) is 3.12. The minimum Gasteiger partial charge on any atom is -0.319 e. The van der Waals surface area contributed by atoms with E-state index in [0.29, 0.717) is 0 Å². The summed E-state index contributed by atoms with van der Waals surface area (Å²) in [6.07, 6.45) is 2.65. The minimum atomic E-state index is 0. The molecule has 21 heavy (non-hydrogen) atoms. The highest BCUT2D eigenvalue weighted by molar-refractivity contribution is 7.19. The molecular weight excluding hydrogens is 323 g/mol. The molecule has 1 N–H and O–H groups in total. The Morgan fingerprint density at radius 3 is 2.95 bits per heavy atom. The van der Waals surface area contributed by atoms with Crippen molar-refractivity contribution >= 4 is 45.4 Å². The largest absolute Gasteiger partial charge is 0.319 e. The molecule has 1 aromatic carbocycles. The lowest BCUT2D eigenvalue weighted by molar-refractivity contribution is 0.168. The van der Waals surface area contributed by atoms with E-state index in [9.17, 15) is 0 Å². The summed E-state index contributed by atoms with van der Waals surface area (Å²) in [7, 11) is 2.04. The second kappa shape index (κ2) is 7.80. The molecule has 3 rings (SSSR count). The lowest BCUT2D eigenvalue weighted by atomic mass is 9.98. The average Bonchev–Trinajstić information content (AvgIpc) is 2.77. The van der Waals surface area contributed by atoms with E-state index in [-0.39, 0.29) is 12.4 Å². The normalized spacial score (nSPS) is 19.6. The van der Waals surface area contributed by atoms with E-state index in [0.717, 1.165) is 24.0 Å². The number of likely N-dealkylation sites (tertiary alicyclic amines) is 1. The fourth-order valence-corrected chi connectivity index (χ4v) is 4.65. The number of benzene rings is 1. The zero-order valence-electron chi connectivity index (χ0n) is 12.3. The van der Waals surface area contributed by atoms with Crippen LogP contribution in [0.5, 0.6) is 0 Å². The summed E-state index contributed by atoms with van der Waals surface area (Å²) in [5.74, 6) is 0.780. The standard InChI is InChI=1S/C16H21ClN2S.ClH/c1-18-9-12-5-4-8-19(10-12)11-15-16(17)13-6-2-3-7-14(13)20-15;/h2-3,6-7,12,18H,4-5,8-11H2,1H3;1H.